The lowest BCUT2D eigenvalue weighted by atomic mass is 10.2. The Kier molecular flexibility index (Phi) is 3.67. The monoisotopic (exact) mass is 401 g/mol. The van der Waals surface area contributed by atoms with Gasteiger partial charge in [0, 0.05) is 30.3 Å². The fourth-order valence-corrected chi connectivity index (χ4v) is 3.84. The molecule has 1 atom stereocenters. The average molecular weight is 401 g/mol. The summed E-state index contributed by atoms with van der Waals surface area (Å²) in [6.07, 6.45) is 4.22. The molecule has 3 N–H and O–H groups in total. The lowest BCUT2D eigenvalue weighted by molar-refractivity contribution is 0.297. The molecule has 2 aromatic carbocycles. The number of rotatable bonds is 2. The molecular weight excluding hydrogens is 382 g/mol. The third kappa shape index (κ3) is 2.66. The number of ether oxygens (including phenoxy) is 2. The normalized spacial score (nSPS) is 17.7. The molecule has 6 rings (SSSR count). The molecule has 2 aliphatic heterocycles. The summed E-state index contributed by atoms with van der Waals surface area (Å²) in [6.45, 7) is 1.25. The number of aromatic nitrogens is 4. The summed E-state index contributed by atoms with van der Waals surface area (Å²) in [7, 11) is 0. The molecule has 9 heteroatoms. The van der Waals surface area contributed by atoms with Gasteiger partial charge in [0.05, 0.1) is 36.1 Å². The molecule has 4 heterocycles. The van der Waals surface area contributed by atoms with E-state index in [-0.39, 0.29) is 0 Å². The van der Waals surface area contributed by atoms with Crippen molar-refractivity contribution in [3.63, 3.8) is 0 Å². The molecule has 0 fully saturated rings. The highest BCUT2D eigenvalue weighted by Gasteiger charge is 2.27. The van der Waals surface area contributed by atoms with Crippen LogP contribution >= 0.6 is 0 Å². The van der Waals surface area contributed by atoms with Crippen molar-refractivity contribution in [2.24, 2.45) is 10.7 Å². The summed E-state index contributed by atoms with van der Waals surface area (Å²) in [5, 5.41) is 7.58. The van der Waals surface area contributed by atoms with Crippen LogP contribution in [0.3, 0.4) is 0 Å². The van der Waals surface area contributed by atoms with Crippen molar-refractivity contribution in [2.75, 3.05) is 18.5 Å². The Morgan fingerprint density at radius 1 is 1.07 bits per heavy atom. The number of guanidine groups is 1. The fraction of sp³-hybridized carbons (Fsp3) is 0.190. The Labute approximate surface area is 171 Å². The van der Waals surface area contributed by atoms with Crippen LogP contribution < -0.4 is 20.5 Å². The number of nitrogens with one attached hydrogen (secondary N) is 1. The van der Waals surface area contributed by atoms with Crippen LogP contribution in [-0.2, 0) is 0 Å². The van der Waals surface area contributed by atoms with Gasteiger partial charge in [-0.05, 0) is 12.1 Å². The van der Waals surface area contributed by atoms with Crippen molar-refractivity contribution in [1.29, 1.82) is 0 Å². The van der Waals surface area contributed by atoms with Crippen LogP contribution in [0, 0.1) is 0 Å². The highest BCUT2D eigenvalue weighted by atomic mass is 16.5. The van der Waals surface area contributed by atoms with Crippen LogP contribution in [0.5, 0.6) is 11.5 Å². The maximum Gasteiger partial charge on any atom is 0.212 e. The number of anilines is 1. The molecule has 0 bridgehead atoms. The zero-order valence-corrected chi connectivity index (χ0v) is 16.0. The van der Waals surface area contributed by atoms with Crippen molar-refractivity contribution in [3.05, 3.63) is 60.4 Å². The number of para-hydroxylation sites is 1. The molecule has 0 aliphatic carbocycles. The van der Waals surface area contributed by atoms with Gasteiger partial charge in [-0.25, -0.2) is 14.7 Å². The van der Waals surface area contributed by atoms with Gasteiger partial charge in [0.15, 0.2) is 23.6 Å². The zero-order chi connectivity index (χ0) is 20.1. The van der Waals surface area contributed by atoms with E-state index in [1.54, 1.807) is 6.20 Å². The van der Waals surface area contributed by atoms with Crippen molar-refractivity contribution in [1.82, 2.24) is 19.3 Å². The Morgan fingerprint density at radius 3 is 2.70 bits per heavy atom. The summed E-state index contributed by atoms with van der Waals surface area (Å²) < 4.78 is 15.5. The summed E-state index contributed by atoms with van der Waals surface area (Å²) in [4.78, 5) is 9.35. The van der Waals surface area contributed by atoms with Gasteiger partial charge >= 0.3 is 0 Å². The molecule has 4 aromatic rings. The number of fused-ring (bicyclic) bond motifs is 4. The Balaban J connectivity index is 1.48. The molecule has 0 amide bonds. The quantitative estimate of drug-likeness (QED) is 0.535. The molecule has 2 aromatic heterocycles. The van der Waals surface area contributed by atoms with Gasteiger partial charge in [-0.2, -0.15) is 5.10 Å². The number of hydrogen-bond donors (Lipinski definition) is 2. The highest BCUT2D eigenvalue weighted by molar-refractivity contribution is 5.95. The summed E-state index contributed by atoms with van der Waals surface area (Å²) in [6, 6.07) is 13.8. The van der Waals surface area contributed by atoms with E-state index in [1.165, 1.54) is 0 Å². The minimum atomic E-state index is -0.395. The average Bonchev–Trinajstić information content (AvgIpc) is 3.31. The maximum atomic E-state index is 6.07. The van der Waals surface area contributed by atoms with Gasteiger partial charge in [0.2, 0.25) is 5.95 Å². The number of imidazole rings is 1. The molecule has 2 aliphatic rings. The van der Waals surface area contributed by atoms with Crippen LogP contribution in [0.2, 0.25) is 0 Å². The second kappa shape index (κ2) is 6.51. The van der Waals surface area contributed by atoms with Crippen LogP contribution in [0.15, 0.2) is 59.9 Å². The van der Waals surface area contributed by atoms with Gasteiger partial charge in [0.25, 0.3) is 0 Å². The summed E-state index contributed by atoms with van der Waals surface area (Å²) >= 11 is 0. The number of nitrogens with zero attached hydrogens (tertiary/aromatic N) is 5. The van der Waals surface area contributed by atoms with Crippen molar-refractivity contribution in [3.8, 4) is 17.2 Å². The first-order chi connectivity index (χ1) is 14.8. The molecule has 0 saturated heterocycles. The van der Waals surface area contributed by atoms with Gasteiger partial charge in [0.1, 0.15) is 0 Å². The van der Waals surface area contributed by atoms with E-state index in [2.05, 4.69) is 15.4 Å². The fourth-order valence-electron chi connectivity index (χ4n) is 3.84. The largest absolute Gasteiger partial charge is 0.489 e. The third-order valence-electron chi connectivity index (χ3n) is 5.23. The first-order valence-electron chi connectivity index (χ1n) is 9.78. The predicted molar refractivity (Wildman–Crippen MR) is 112 cm³/mol. The van der Waals surface area contributed by atoms with Crippen LogP contribution in [-0.4, -0.2) is 38.5 Å². The second-order valence-corrected chi connectivity index (χ2v) is 7.21. The topological polar surface area (TPSA) is 105 Å². The van der Waals surface area contributed by atoms with E-state index in [9.17, 15) is 0 Å². The van der Waals surface area contributed by atoms with Gasteiger partial charge in [-0.3, -0.25) is 9.88 Å². The van der Waals surface area contributed by atoms with E-state index >= 15 is 0 Å². The molecule has 0 radical (unpaired) electrons. The first-order valence-corrected chi connectivity index (χ1v) is 9.78. The molecule has 9 nitrogen and oxygen atoms in total. The predicted octanol–water partition coefficient (Wildman–Crippen LogP) is 2.67. The van der Waals surface area contributed by atoms with Gasteiger partial charge in [-0.15, -0.1) is 0 Å². The van der Waals surface area contributed by atoms with Crippen molar-refractivity contribution < 1.29 is 9.47 Å². The van der Waals surface area contributed by atoms with Crippen molar-refractivity contribution in [2.45, 2.75) is 12.6 Å². The van der Waals surface area contributed by atoms with E-state index in [0.717, 1.165) is 28.7 Å². The Bertz CT molecular complexity index is 1280. The van der Waals surface area contributed by atoms with Crippen molar-refractivity contribution >= 4 is 22.9 Å². The number of hydrogen-bond acceptors (Lipinski definition) is 7. The minimum absolute atomic E-state index is 0.310. The lowest BCUT2D eigenvalue weighted by Gasteiger charge is -2.22. The second-order valence-electron chi connectivity index (χ2n) is 7.21. The number of aliphatic imine (C=N–C) groups is 1. The first kappa shape index (κ1) is 16.9. The van der Waals surface area contributed by atoms with E-state index < -0.39 is 6.17 Å². The summed E-state index contributed by atoms with van der Waals surface area (Å²) in [5.41, 5.74) is 9.61. The zero-order valence-electron chi connectivity index (χ0n) is 16.0. The van der Waals surface area contributed by atoms with Crippen LogP contribution in [0.4, 0.5) is 5.95 Å². The smallest absolute Gasteiger partial charge is 0.212 e. The molecular formula is C21H19N7O2. The summed E-state index contributed by atoms with van der Waals surface area (Å²) in [5.74, 6) is 2.35. The maximum absolute atomic E-state index is 6.07. The molecule has 150 valence electrons. The molecule has 1 unspecified atom stereocenters. The van der Waals surface area contributed by atoms with Crippen LogP contribution in [0.25, 0.3) is 16.7 Å². The molecule has 0 spiro atoms. The lowest BCUT2D eigenvalue weighted by Crippen LogP contribution is -2.31. The van der Waals surface area contributed by atoms with E-state index in [0.29, 0.717) is 36.6 Å². The SMILES string of the molecule is NC1=NC(c2cnn(-c3ccccc3)c2)n2c(nc3cc4c(cc32)OCCCO4)N1. The number of nitrogens with two attached hydrogens (primary N) is 1. The third-order valence-corrected chi connectivity index (χ3v) is 5.23. The Morgan fingerprint density at radius 2 is 1.87 bits per heavy atom. The minimum Gasteiger partial charge on any atom is -0.489 e. The number of benzene rings is 2. The standard InChI is InChI=1S/C21H19N7O2/c22-20-25-19(13-11-23-27(12-13)14-5-2-1-3-6-14)28-16-10-18-17(29-7-4-8-30-18)9-15(16)24-21(28)26-20/h1-3,5-6,9-12,19H,4,7-8H2,(H3,22,24,25,26). The molecule has 30 heavy (non-hydrogen) atoms. The van der Waals surface area contributed by atoms with Gasteiger partial charge in [-0.1, -0.05) is 18.2 Å². The van der Waals surface area contributed by atoms with E-state index in [4.69, 9.17) is 20.2 Å². The highest BCUT2D eigenvalue weighted by Crippen LogP contribution is 2.39. The van der Waals surface area contributed by atoms with E-state index in [1.807, 2.05) is 57.9 Å². The van der Waals surface area contributed by atoms with Crippen LogP contribution in [0.1, 0.15) is 18.2 Å². The Hall–Kier alpha value is -4.01. The molecule has 0 saturated carbocycles. The van der Waals surface area contributed by atoms with Gasteiger partial charge < -0.3 is 15.2 Å².